The number of carbonyl (C=O) groups is 2. The molecule has 0 amide bonds. The number of rotatable bonds is 12. The predicted octanol–water partition coefficient (Wildman–Crippen LogP) is 4.31. The van der Waals surface area contributed by atoms with Crippen molar-refractivity contribution in [2.45, 2.75) is 46.8 Å². The Morgan fingerprint density at radius 3 is 2.47 bits per heavy atom. The van der Waals surface area contributed by atoms with E-state index in [2.05, 4.69) is 25.7 Å². The van der Waals surface area contributed by atoms with Gasteiger partial charge in [0.25, 0.3) is 5.56 Å². The zero-order chi connectivity index (χ0) is 32.8. The van der Waals surface area contributed by atoms with Crippen LogP contribution in [0.4, 0.5) is 0 Å². The van der Waals surface area contributed by atoms with Crippen molar-refractivity contribution < 1.29 is 38.0 Å². The third-order valence-corrected chi connectivity index (χ3v) is 8.02. The van der Waals surface area contributed by atoms with Crippen LogP contribution in [0, 0.1) is 0 Å². The molecule has 3 aromatic rings. The second-order valence-electron chi connectivity index (χ2n) is 10.00. The van der Waals surface area contributed by atoms with Gasteiger partial charge in [-0.15, -0.1) is 0 Å². The van der Waals surface area contributed by atoms with Crippen LogP contribution in [-0.2, 0) is 19.1 Å². The molecular weight excluding hydrogens is 668 g/mol. The van der Waals surface area contributed by atoms with Gasteiger partial charge >= 0.3 is 11.9 Å². The lowest BCUT2D eigenvalue weighted by molar-refractivity contribution is -0.143. The normalized spacial score (nSPS) is 14.5. The van der Waals surface area contributed by atoms with Gasteiger partial charge in [-0.05, 0) is 70.5 Å². The molecule has 0 N–H and O–H groups in total. The van der Waals surface area contributed by atoms with Crippen LogP contribution in [0.25, 0.3) is 6.08 Å². The SMILES string of the molecule is CCOC(=O)C1=C(C)N=c2s/c(=C/c3cc(Br)cc(OC)c3OC(C)C)c(=O)n2[C@H]1c1ccc(OCC(=O)OC)c(OCC)c1. The van der Waals surface area contributed by atoms with E-state index in [9.17, 15) is 14.4 Å². The molecule has 13 heteroatoms. The Balaban J connectivity index is 1.95. The first-order chi connectivity index (χ1) is 21.5. The Bertz CT molecular complexity index is 1810. The van der Waals surface area contributed by atoms with Gasteiger partial charge in [0.2, 0.25) is 0 Å². The van der Waals surface area contributed by atoms with Crippen molar-refractivity contribution in [1.29, 1.82) is 0 Å². The summed E-state index contributed by atoms with van der Waals surface area (Å²) in [6.45, 7) is 9.16. The summed E-state index contributed by atoms with van der Waals surface area (Å²) in [6.07, 6.45) is 1.58. The molecule has 0 unspecified atom stereocenters. The Labute approximate surface area is 272 Å². The van der Waals surface area contributed by atoms with Crippen molar-refractivity contribution in [1.82, 2.24) is 4.57 Å². The minimum atomic E-state index is -0.889. The standard InChI is InChI=1S/C32H35BrN2O9S/c1-8-41-23-13-19(10-11-22(23)43-16-26(36)40-7)28-27(31(38)42-9-2)18(5)34-32-35(28)30(37)25(45-32)14-20-12-21(33)15-24(39-6)29(20)44-17(3)4/h10-15,17,28H,8-9,16H2,1-7H3/b25-14+/t28-/m0/s1. The van der Waals surface area contributed by atoms with Gasteiger partial charge in [-0.25, -0.2) is 14.6 Å². The Morgan fingerprint density at radius 1 is 1.07 bits per heavy atom. The van der Waals surface area contributed by atoms with E-state index in [1.807, 2.05) is 26.8 Å². The summed E-state index contributed by atoms with van der Waals surface area (Å²) in [4.78, 5) is 44.3. The summed E-state index contributed by atoms with van der Waals surface area (Å²) in [5.41, 5.74) is 1.46. The molecule has 0 saturated heterocycles. The van der Waals surface area contributed by atoms with Crippen molar-refractivity contribution in [3.05, 3.63) is 76.9 Å². The molecule has 1 atom stereocenters. The molecule has 0 bridgehead atoms. The van der Waals surface area contributed by atoms with Crippen LogP contribution < -0.4 is 33.8 Å². The number of fused-ring (bicyclic) bond motifs is 1. The summed E-state index contributed by atoms with van der Waals surface area (Å²) in [7, 11) is 2.82. The quantitative estimate of drug-likeness (QED) is 0.254. The second-order valence-corrected chi connectivity index (χ2v) is 11.9. The zero-order valence-corrected chi connectivity index (χ0v) is 28.5. The molecule has 1 aromatic heterocycles. The first-order valence-corrected chi connectivity index (χ1v) is 15.8. The van der Waals surface area contributed by atoms with E-state index in [1.54, 1.807) is 51.3 Å². The largest absolute Gasteiger partial charge is 0.493 e. The summed E-state index contributed by atoms with van der Waals surface area (Å²) in [5, 5.41) is 0. The Hall–Kier alpha value is -4.10. The summed E-state index contributed by atoms with van der Waals surface area (Å²) >= 11 is 4.71. The van der Waals surface area contributed by atoms with Crippen LogP contribution in [0.5, 0.6) is 23.0 Å². The molecule has 4 rings (SSSR count). The fourth-order valence-corrected chi connectivity index (χ4v) is 6.23. The number of halogens is 1. The average Bonchev–Trinajstić information content (AvgIpc) is 3.30. The highest BCUT2D eigenvalue weighted by molar-refractivity contribution is 9.10. The maximum Gasteiger partial charge on any atom is 0.343 e. The van der Waals surface area contributed by atoms with E-state index in [0.717, 1.165) is 4.47 Å². The molecule has 45 heavy (non-hydrogen) atoms. The van der Waals surface area contributed by atoms with E-state index < -0.39 is 18.0 Å². The van der Waals surface area contributed by atoms with Crippen molar-refractivity contribution >= 4 is 45.3 Å². The van der Waals surface area contributed by atoms with E-state index in [-0.39, 0.29) is 30.5 Å². The van der Waals surface area contributed by atoms with Gasteiger partial charge in [0.1, 0.15) is 0 Å². The maximum atomic E-state index is 14.2. The van der Waals surface area contributed by atoms with Crippen molar-refractivity contribution in [2.24, 2.45) is 4.99 Å². The van der Waals surface area contributed by atoms with E-state index in [1.165, 1.54) is 23.0 Å². The van der Waals surface area contributed by atoms with Gasteiger partial charge in [-0.1, -0.05) is 33.3 Å². The highest BCUT2D eigenvalue weighted by atomic mass is 79.9. The highest BCUT2D eigenvalue weighted by Gasteiger charge is 2.34. The lowest BCUT2D eigenvalue weighted by atomic mass is 9.95. The molecule has 0 radical (unpaired) electrons. The van der Waals surface area contributed by atoms with Crippen molar-refractivity contribution in [3.8, 4) is 23.0 Å². The number of benzene rings is 2. The fourth-order valence-electron chi connectivity index (χ4n) is 4.74. The van der Waals surface area contributed by atoms with Crippen LogP contribution in [0.2, 0.25) is 0 Å². The van der Waals surface area contributed by atoms with Gasteiger partial charge in [-0.3, -0.25) is 9.36 Å². The number of ether oxygens (including phenoxy) is 6. The number of hydrogen-bond acceptors (Lipinski definition) is 11. The average molecular weight is 704 g/mol. The third kappa shape index (κ3) is 7.42. The molecule has 1 aliphatic heterocycles. The lowest BCUT2D eigenvalue weighted by Gasteiger charge is -2.25. The third-order valence-electron chi connectivity index (χ3n) is 6.58. The summed E-state index contributed by atoms with van der Waals surface area (Å²) in [6, 6.07) is 7.76. The van der Waals surface area contributed by atoms with Crippen LogP contribution in [0.15, 0.2) is 55.9 Å². The number of thiazole rings is 1. The number of nitrogens with zero attached hydrogens (tertiary/aromatic N) is 2. The van der Waals surface area contributed by atoms with E-state index in [4.69, 9.17) is 23.7 Å². The van der Waals surface area contributed by atoms with Crippen LogP contribution >= 0.6 is 27.3 Å². The number of methoxy groups -OCH3 is 2. The van der Waals surface area contributed by atoms with Gasteiger partial charge in [0.05, 0.1) is 55.4 Å². The Kier molecular flexibility index (Phi) is 11.1. The van der Waals surface area contributed by atoms with Gasteiger partial charge in [0.15, 0.2) is 34.4 Å². The number of allylic oxidation sites excluding steroid dienone is 1. The van der Waals surface area contributed by atoms with Crippen molar-refractivity contribution in [3.63, 3.8) is 0 Å². The molecule has 240 valence electrons. The summed E-state index contributed by atoms with van der Waals surface area (Å²) in [5.74, 6) is 0.487. The number of carbonyl (C=O) groups excluding carboxylic acids is 2. The molecule has 0 aliphatic carbocycles. The van der Waals surface area contributed by atoms with Gasteiger partial charge in [0, 0.05) is 10.0 Å². The minimum Gasteiger partial charge on any atom is -0.493 e. The molecule has 1 aliphatic rings. The van der Waals surface area contributed by atoms with Crippen LogP contribution in [-0.4, -0.2) is 56.6 Å². The number of hydrogen-bond donors (Lipinski definition) is 0. The number of esters is 2. The van der Waals surface area contributed by atoms with E-state index >= 15 is 0 Å². The van der Waals surface area contributed by atoms with Gasteiger partial charge in [-0.2, -0.15) is 0 Å². The Morgan fingerprint density at radius 2 is 1.82 bits per heavy atom. The zero-order valence-electron chi connectivity index (χ0n) is 26.1. The first kappa shape index (κ1) is 33.8. The smallest absolute Gasteiger partial charge is 0.343 e. The van der Waals surface area contributed by atoms with E-state index in [0.29, 0.717) is 55.8 Å². The second kappa shape index (κ2) is 14.8. The van der Waals surface area contributed by atoms with Crippen LogP contribution in [0.3, 0.4) is 0 Å². The highest BCUT2D eigenvalue weighted by Crippen LogP contribution is 2.38. The lowest BCUT2D eigenvalue weighted by Crippen LogP contribution is -2.40. The monoisotopic (exact) mass is 702 g/mol. The molecular formula is C32H35BrN2O9S. The van der Waals surface area contributed by atoms with Gasteiger partial charge < -0.3 is 28.4 Å². The fraction of sp³-hybridized carbons (Fsp3) is 0.375. The summed E-state index contributed by atoms with van der Waals surface area (Å²) < 4.78 is 35.8. The molecule has 0 spiro atoms. The molecule has 0 fully saturated rings. The topological polar surface area (TPSA) is 124 Å². The van der Waals surface area contributed by atoms with Crippen LogP contribution in [0.1, 0.15) is 51.8 Å². The first-order valence-electron chi connectivity index (χ1n) is 14.2. The molecule has 11 nitrogen and oxygen atoms in total. The molecule has 0 saturated carbocycles. The predicted molar refractivity (Wildman–Crippen MR) is 172 cm³/mol. The molecule has 2 heterocycles. The van der Waals surface area contributed by atoms with Crippen molar-refractivity contribution in [2.75, 3.05) is 34.0 Å². The minimum absolute atomic E-state index is 0.139. The number of aromatic nitrogens is 1. The maximum absolute atomic E-state index is 14.2. The molecule has 2 aromatic carbocycles.